The van der Waals surface area contributed by atoms with E-state index in [0.29, 0.717) is 12.1 Å². The Hall–Kier alpha value is -2.96. The van der Waals surface area contributed by atoms with Gasteiger partial charge in [-0.3, -0.25) is 9.00 Å². The Kier molecular flexibility index (Phi) is 7.57. The lowest BCUT2D eigenvalue weighted by molar-refractivity contribution is 0.0950. The van der Waals surface area contributed by atoms with Crippen LogP contribution in [0, 0.1) is 0 Å². The smallest absolute Gasteiger partial charge is 0.251 e. The number of amides is 1. The molecule has 172 valence electrons. The van der Waals surface area contributed by atoms with E-state index in [-0.39, 0.29) is 12.0 Å². The number of piperidine rings is 1. The normalized spacial score (nSPS) is 15.7. The van der Waals surface area contributed by atoms with Gasteiger partial charge in [-0.05, 0) is 73.0 Å². The molecule has 0 bridgehead atoms. The molecule has 1 atom stereocenters. The number of hydrogen-bond acceptors (Lipinski definition) is 4. The van der Waals surface area contributed by atoms with Gasteiger partial charge in [0.2, 0.25) is 0 Å². The summed E-state index contributed by atoms with van der Waals surface area (Å²) >= 11 is 0. The van der Waals surface area contributed by atoms with Crippen LogP contribution in [0.15, 0.2) is 77.7 Å². The maximum Gasteiger partial charge on any atom is 0.251 e. The number of likely N-dealkylation sites (tertiary alicyclic amines) is 1. The van der Waals surface area contributed by atoms with Crippen LogP contribution in [0.4, 0.5) is 0 Å². The first-order chi connectivity index (χ1) is 16.0. The summed E-state index contributed by atoms with van der Waals surface area (Å²) in [5.74, 6) is 0.749. The summed E-state index contributed by atoms with van der Waals surface area (Å²) < 4.78 is 17.7. The monoisotopic (exact) mass is 462 g/mol. The molecule has 6 heteroatoms. The standard InChI is InChI=1S/C27H30N2O3S/c1-29-16-14-24(15-17-29)32-25-5-3-4-20(18-25)19-28-27(30)23-8-6-21(7-9-23)22-10-12-26(13-11-22)33(2)31/h3-13,18,24H,14-17,19H2,1-2H3,(H,28,30). The summed E-state index contributed by atoms with van der Waals surface area (Å²) in [5.41, 5.74) is 3.67. The lowest BCUT2D eigenvalue weighted by Crippen LogP contribution is -2.35. The van der Waals surface area contributed by atoms with Gasteiger partial charge in [-0.2, -0.15) is 0 Å². The minimum atomic E-state index is -0.989. The molecule has 1 heterocycles. The molecule has 0 saturated carbocycles. The van der Waals surface area contributed by atoms with Gasteiger partial charge >= 0.3 is 0 Å². The number of nitrogens with zero attached hydrogens (tertiary/aromatic N) is 1. The van der Waals surface area contributed by atoms with Gasteiger partial charge < -0.3 is 15.0 Å². The summed E-state index contributed by atoms with van der Waals surface area (Å²) in [6.07, 6.45) is 4.00. The molecule has 1 N–H and O–H groups in total. The number of nitrogens with one attached hydrogen (secondary N) is 1. The fourth-order valence-corrected chi connectivity index (χ4v) is 4.48. The van der Waals surface area contributed by atoms with E-state index in [1.165, 1.54) is 0 Å². The van der Waals surface area contributed by atoms with Gasteiger partial charge in [-0.1, -0.05) is 36.4 Å². The molecule has 1 fully saturated rings. The van der Waals surface area contributed by atoms with E-state index in [9.17, 15) is 9.00 Å². The molecule has 3 aromatic carbocycles. The Morgan fingerprint density at radius 2 is 1.64 bits per heavy atom. The van der Waals surface area contributed by atoms with Crippen LogP contribution in [0.1, 0.15) is 28.8 Å². The molecule has 0 radical (unpaired) electrons. The maximum absolute atomic E-state index is 12.6. The van der Waals surface area contributed by atoms with Crippen LogP contribution in [-0.2, 0) is 17.3 Å². The van der Waals surface area contributed by atoms with E-state index in [0.717, 1.165) is 53.3 Å². The molecule has 5 nitrogen and oxygen atoms in total. The molecule has 1 amide bonds. The Labute approximate surface area is 198 Å². The first kappa shape index (κ1) is 23.2. The zero-order chi connectivity index (χ0) is 23.2. The molecule has 1 saturated heterocycles. The first-order valence-electron chi connectivity index (χ1n) is 11.2. The number of carbonyl (C=O) groups excluding carboxylic acids is 1. The van der Waals surface area contributed by atoms with Gasteiger partial charge in [0, 0.05) is 47.1 Å². The third-order valence-electron chi connectivity index (χ3n) is 5.99. The Balaban J connectivity index is 1.32. The minimum absolute atomic E-state index is 0.111. The molecule has 1 aliphatic rings. The topological polar surface area (TPSA) is 58.6 Å². The number of benzene rings is 3. The molecule has 1 aliphatic heterocycles. The molecular formula is C27H30N2O3S. The highest BCUT2D eigenvalue weighted by Crippen LogP contribution is 2.22. The van der Waals surface area contributed by atoms with E-state index in [1.54, 1.807) is 6.26 Å². The molecule has 3 aromatic rings. The Morgan fingerprint density at radius 3 is 2.27 bits per heavy atom. The molecular weight excluding hydrogens is 432 g/mol. The van der Waals surface area contributed by atoms with E-state index >= 15 is 0 Å². The average Bonchev–Trinajstić information content (AvgIpc) is 2.84. The van der Waals surface area contributed by atoms with Crippen molar-refractivity contribution in [1.29, 1.82) is 0 Å². The first-order valence-corrected chi connectivity index (χ1v) is 12.8. The van der Waals surface area contributed by atoms with Gasteiger partial charge in [0.05, 0.1) is 0 Å². The lowest BCUT2D eigenvalue weighted by atomic mass is 10.0. The van der Waals surface area contributed by atoms with Crippen molar-refractivity contribution in [2.24, 2.45) is 0 Å². The summed E-state index contributed by atoms with van der Waals surface area (Å²) in [7, 11) is 1.15. The predicted octanol–water partition coefficient (Wildman–Crippen LogP) is 4.49. The van der Waals surface area contributed by atoms with Crippen LogP contribution >= 0.6 is 0 Å². The maximum atomic E-state index is 12.6. The van der Waals surface area contributed by atoms with Crippen molar-refractivity contribution in [3.8, 4) is 16.9 Å². The fraction of sp³-hybridized carbons (Fsp3) is 0.296. The van der Waals surface area contributed by atoms with Crippen molar-refractivity contribution >= 4 is 16.7 Å². The van der Waals surface area contributed by atoms with Crippen molar-refractivity contribution < 1.29 is 13.7 Å². The minimum Gasteiger partial charge on any atom is -0.490 e. The summed E-state index contributed by atoms with van der Waals surface area (Å²) in [5, 5.41) is 3.00. The second-order valence-corrected chi connectivity index (χ2v) is 9.89. The summed E-state index contributed by atoms with van der Waals surface area (Å²) in [4.78, 5) is 15.8. The Morgan fingerprint density at radius 1 is 1.00 bits per heavy atom. The largest absolute Gasteiger partial charge is 0.490 e. The average molecular weight is 463 g/mol. The van der Waals surface area contributed by atoms with Crippen molar-refractivity contribution in [2.45, 2.75) is 30.4 Å². The SMILES string of the molecule is CN1CCC(Oc2cccc(CNC(=O)c3ccc(-c4ccc(S(C)=O)cc4)cc3)c2)CC1. The number of carbonyl (C=O) groups is 1. The molecule has 33 heavy (non-hydrogen) atoms. The van der Waals surface area contributed by atoms with E-state index in [1.807, 2.05) is 72.8 Å². The van der Waals surface area contributed by atoms with Crippen molar-refractivity contribution in [1.82, 2.24) is 10.2 Å². The lowest BCUT2D eigenvalue weighted by Gasteiger charge is -2.29. The van der Waals surface area contributed by atoms with Gasteiger partial charge in [-0.15, -0.1) is 0 Å². The number of hydrogen-bond donors (Lipinski definition) is 1. The van der Waals surface area contributed by atoms with E-state index in [2.05, 4.69) is 17.3 Å². The van der Waals surface area contributed by atoms with Crippen LogP contribution in [0.3, 0.4) is 0 Å². The third kappa shape index (κ3) is 6.30. The van der Waals surface area contributed by atoms with Crippen molar-refractivity contribution in [3.63, 3.8) is 0 Å². The van der Waals surface area contributed by atoms with Gasteiger partial charge in [-0.25, -0.2) is 0 Å². The number of rotatable bonds is 7. The number of ether oxygens (including phenoxy) is 1. The van der Waals surface area contributed by atoms with E-state index < -0.39 is 10.8 Å². The summed E-state index contributed by atoms with van der Waals surface area (Å²) in [6.45, 7) is 2.56. The van der Waals surface area contributed by atoms with Crippen LogP contribution in [0.2, 0.25) is 0 Å². The predicted molar refractivity (Wildman–Crippen MR) is 133 cm³/mol. The quantitative estimate of drug-likeness (QED) is 0.562. The highest BCUT2D eigenvalue weighted by atomic mass is 32.2. The van der Waals surface area contributed by atoms with Gasteiger partial charge in [0.15, 0.2) is 0 Å². The second kappa shape index (κ2) is 10.8. The van der Waals surface area contributed by atoms with Crippen LogP contribution < -0.4 is 10.1 Å². The molecule has 0 aromatic heterocycles. The third-order valence-corrected chi connectivity index (χ3v) is 6.92. The Bertz CT molecular complexity index is 1100. The van der Waals surface area contributed by atoms with Crippen LogP contribution in [0.5, 0.6) is 5.75 Å². The van der Waals surface area contributed by atoms with Crippen molar-refractivity contribution in [2.75, 3.05) is 26.4 Å². The van der Waals surface area contributed by atoms with Crippen molar-refractivity contribution in [3.05, 3.63) is 83.9 Å². The second-order valence-electron chi connectivity index (χ2n) is 8.51. The summed E-state index contributed by atoms with van der Waals surface area (Å²) in [6, 6.07) is 23.1. The van der Waals surface area contributed by atoms with Gasteiger partial charge in [0.25, 0.3) is 5.91 Å². The molecule has 0 spiro atoms. The highest BCUT2D eigenvalue weighted by molar-refractivity contribution is 7.84. The zero-order valence-corrected chi connectivity index (χ0v) is 19.9. The van der Waals surface area contributed by atoms with Crippen LogP contribution in [-0.4, -0.2) is 47.5 Å². The van der Waals surface area contributed by atoms with Gasteiger partial charge in [0.1, 0.15) is 11.9 Å². The molecule has 0 aliphatic carbocycles. The fourth-order valence-electron chi connectivity index (χ4n) is 3.96. The van der Waals surface area contributed by atoms with Crippen LogP contribution in [0.25, 0.3) is 11.1 Å². The highest BCUT2D eigenvalue weighted by Gasteiger charge is 2.18. The van der Waals surface area contributed by atoms with E-state index in [4.69, 9.17) is 4.74 Å². The zero-order valence-electron chi connectivity index (χ0n) is 19.1. The molecule has 1 unspecified atom stereocenters. The molecule has 4 rings (SSSR count).